The highest BCUT2D eigenvalue weighted by atomic mass is 79.9. The van der Waals surface area contributed by atoms with Crippen LogP contribution in [0.4, 0.5) is 4.39 Å². The van der Waals surface area contributed by atoms with Crippen LogP contribution in [0.5, 0.6) is 0 Å². The highest BCUT2D eigenvalue weighted by Crippen LogP contribution is 2.16. The van der Waals surface area contributed by atoms with E-state index in [0.717, 1.165) is 17.6 Å². The van der Waals surface area contributed by atoms with Crippen LogP contribution >= 0.6 is 15.9 Å². The Morgan fingerprint density at radius 1 is 1.45 bits per heavy atom. The number of nitrogens with one attached hydrogen (secondary N) is 2. The molecule has 1 fully saturated rings. The van der Waals surface area contributed by atoms with Gasteiger partial charge in [0.05, 0.1) is 0 Å². The summed E-state index contributed by atoms with van der Waals surface area (Å²) in [6.45, 7) is 5.74. The van der Waals surface area contributed by atoms with Gasteiger partial charge in [-0.05, 0) is 44.1 Å². The third kappa shape index (κ3) is 4.68. The van der Waals surface area contributed by atoms with Crippen molar-refractivity contribution in [2.45, 2.75) is 32.4 Å². The van der Waals surface area contributed by atoms with E-state index < -0.39 is 0 Å². The molecule has 22 heavy (non-hydrogen) atoms. The van der Waals surface area contributed by atoms with E-state index >= 15 is 0 Å². The Morgan fingerprint density at radius 3 is 3.00 bits per heavy atom. The van der Waals surface area contributed by atoms with Crippen molar-refractivity contribution in [1.29, 1.82) is 0 Å². The molecule has 1 aromatic rings. The van der Waals surface area contributed by atoms with Crippen LogP contribution in [0.2, 0.25) is 0 Å². The van der Waals surface area contributed by atoms with E-state index in [1.54, 1.807) is 19.2 Å². The van der Waals surface area contributed by atoms with Crippen molar-refractivity contribution >= 4 is 21.9 Å². The normalized spacial score (nSPS) is 19.5. The zero-order valence-corrected chi connectivity index (χ0v) is 14.8. The molecule has 1 heterocycles. The molecule has 0 amide bonds. The van der Waals surface area contributed by atoms with E-state index in [1.807, 2.05) is 0 Å². The maximum Gasteiger partial charge on any atom is 0.191 e. The zero-order chi connectivity index (χ0) is 15.9. The third-order valence-corrected chi connectivity index (χ3v) is 4.58. The molecule has 2 rings (SSSR count). The van der Waals surface area contributed by atoms with Gasteiger partial charge in [0.25, 0.3) is 0 Å². The number of benzene rings is 1. The summed E-state index contributed by atoms with van der Waals surface area (Å²) in [5.41, 5.74) is 0.619. The monoisotopic (exact) mass is 370 g/mol. The van der Waals surface area contributed by atoms with Gasteiger partial charge in [-0.15, -0.1) is 0 Å². The first kappa shape index (κ1) is 17.2. The van der Waals surface area contributed by atoms with Gasteiger partial charge < -0.3 is 10.6 Å². The van der Waals surface area contributed by atoms with E-state index in [2.05, 4.69) is 43.4 Å². The minimum absolute atomic E-state index is 0.209. The maximum absolute atomic E-state index is 13.7. The van der Waals surface area contributed by atoms with Crippen LogP contribution in [-0.4, -0.2) is 43.6 Å². The zero-order valence-electron chi connectivity index (χ0n) is 13.2. The Labute approximate surface area is 140 Å². The van der Waals surface area contributed by atoms with E-state index in [4.69, 9.17) is 0 Å². The van der Waals surface area contributed by atoms with Crippen LogP contribution in [0.1, 0.15) is 25.3 Å². The number of halogens is 2. The Kier molecular flexibility index (Phi) is 6.64. The summed E-state index contributed by atoms with van der Waals surface area (Å²) in [7, 11) is 1.73. The maximum atomic E-state index is 13.7. The van der Waals surface area contributed by atoms with Gasteiger partial charge >= 0.3 is 0 Å². The minimum atomic E-state index is -0.209. The molecule has 0 aromatic heterocycles. The van der Waals surface area contributed by atoms with Gasteiger partial charge in [-0.1, -0.05) is 22.9 Å². The quantitative estimate of drug-likeness (QED) is 0.618. The summed E-state index contributed by atoms with van der Waals surface area (Å²) in [6, 6.07) is 5.51. The lowest BCUT2D eigenvalue weighted by Gasteiger charge is -2.24. The lowest BCUT2D eigenvalue weighted by atomic mass is 10.2. The number of aliphatic imine (C=N–C) groups is 1. The van der Waals surface area contributed by atoms with E-state index in [0.29, 0.717) is 24.1 Å². The first-order chi connectivity index (χ1) is 10.6. The standard InChI is InChI=1S/C16H24BrFN4/c1-3-22-8-4-5-14(22)11-21-16(19-2)20-10-12-9-13(17)6-7-15(12)18/h6-7,9,14H,3-5,8,10-11H2,1-2H3,(H2,19,20,21). The van der Waals surface area contributed by atoms with Crippen LogP contribution < -0.4 is 10.6 Å². The molecule has 0 radical (unpaired) electrons. The van der Waals surface area contributed by atoms with Gasteiger partial charge in [-0.2, -0.15) is 0 Å². The van der Waals surface area contributed by atoms with E-state index in [-0.39, 0.29) is 5.82 Å². The molecule has 0 aliphatic carbocycles. The Balaban J connectivity index is 1.84. The molecule has 1 aliphatic rings. The molecule has 0 spiro atoms. The van der Waals surface area contributed by atoms with Gasteiger partial charge in [-0.3, -0.25) is 9.89 Å². The number of hydrogen-bond donors (Lipinski definition) is 2. The number of nitrogens with zero attached hydrogens (tertiary/aromatic N) is 2. The fraction of sp³-hybridized carbons (Fsp3) is 0.562. The second kappa shape index (κ2) is 8.48. The first-order valence-electron chi connectivity index (χ1n) is 7.76. The van der Waals surface area contributed by atoms with Crippen molar-refractivity contribution in [2.75, 3.05) is 26.7 Å². The largest absolute Gasteiger partial charge is 0.355 e. The number of rotatable bonds is 5. The predicted molar refractivity (Wildman–Crippen MR) is 92.6 cm³/mol. The fourth-order valence-corrected chi connectivity index (χ4v) is 3.24. The second-order valence-corrected chi connectivity index (χ2v) is 6.38. The number of likely N-dealkylation sites (tertiary alicyclic amines) is 1. The summed E-state index contributed by atoms with van der Waals surface area (Å²) < 4.78 is 14.6. The Hall–Kier alpha value is -1.14. The van der Waals surface area contributed by atoms with E-state index in [9.17, 15) is 4.39 Å². The van der Waals surface area contributed by atoms with Crippen LogP contribution in [-0.2, 0) is 6.54 Å². The van der Waals surface area contributed by atoms with Gasteiger partial charge in [0, 0.05) is 36.2 Å². The molecule has 122 valence electrons. The smallest absolute Gasteiger partial charge is 0.191 e. The van der Waals surface area contributed by atoms with Crippen molar-refractivity contribution in [1.82, 2.24) is 15.5 Å². The molecule has 1 saturated heterocycles. The number of likely N-dealkylation sites (N-methyl/N-ethyl adjacent to an activating group) is 1. The number of guanidine groups is 1. The van der Waals surface area contributed by atoms with Crippen LogP contribution in [0.15, 0.2) is 27.7 Å². The van der Waals surface area contributed by atoms with Crippen molar-refractivity contribution in [3.63, 3.8) is 0 Å². The average molecular weight is 371 g/mol. The SMILES string of the molecule is CCN1CCCC1CNC(=NC)NCc1cc(Br)ccc1F. The minimum Gasteiger partial charge on any atom is -0.355 e. The summed E-state index contributed by atoms with van der Waals surface area (Å²) in [6.07, 6.45) is 2.48. The van der Waals surface area contributed by atoms with Crippen molar-refractivity contribution < 1.29 is 4.39 Å². The highest BCUT2D eigenvalue weighted by Gasteiger charge is 2.22. The first-order valence-corrected chi connectivity index (χ1v) is 8.55. The van der Waals surface area contributed by atoms with Crippen LogP contribution in [0, 0.1) is 5.82 Å². The van der Waals surface area contributed by atoms with Gasteiger partial charge in [-0.25, -0.2) is 4.39 Å². The molecule has 6 heteroatoms. The molecular formula is C16H24BrFN4. The molecule has 2 N–H and O–H groups in total. The van der Waals surface area contributed by atoms with Crippen LogP contribution in [0.3, 0.4) is 0 Å². The topological polar surface area (TPSA) is 39.7 Å². The van der Waals surface area contributed by atoms with Gasteiger partial charge in [0.15, 0.2) is 5.96 Å². The predicted octanol–water partition coefficient (Wildman–Crippen LogP) is 2.74. The van der Waals surface area contributed by atoms with Crippen molar-refractivity contribution in [2.24, 2.45) is 4.99 Å². The Morgan fingerprint density at radius 2 is 2.27 bits per heavy atom. The average Bonchev–Trinajstić information content (AvgIpc) is 2.98. The summed E-state index contributed by atoms with van der Waals surface area (Å²) in [4.78, 5) is 6.69. The summed E-state index contributed by atoms with van der Waals surface area (Å²) in [5.74, 6) is 0.501. The molecule has 4 nitrogen and oxygen atoms in total. The van der Waals surface area contributed by atoms with Crippen LogP contribution in [0.25, 0.3) is 0 Å². The van der Waals surface area contributed by atoms with Gasteiger partial charge in [0.2, 0.25) is 0 Å². The lowest BCUT2D eigenvalue weighted by molar-refractivity contribution is 0.267. The van der Waals surface area contributed by atoms with Crippen molar-refractivity contribution in [3.05, 3.63) is 34.1 Å². The Bertz CT molecular complexity index is 521. The molecule has 1 aromatic carbocycles. The lowest BCUT2D eigenvalue weighted by Crippen LogP contribution is -2.44. The molecule has 1 aliphatic heterocycles. The highest BCUT2D eigenvalue weighted by molar-refractivity contribution is 9.10. The molecule has 1 atom stereocenters. The molecule has 0 bridgehead atoms. The fourth-order valence-electron chi connectivity index (χ4n) is 2.84. The van der Waals surface area contributed by atoms with Crippen molar-refractivity contribution in [3.8, 4) is 0 Å². The summed E-state index contributed by atoms with van der Waals surface area (Å²) in [5, 5.41) is 6.51. The third-order valence-electron chi connectivity index (χ3n) is 4.09. The van der Waals surface area contributed by atoms with Gasteiger partial charge in [0.1, 0.15) is 5.82 Å². The summed E-state index contributed by atoms with van der Waals surface area (Å²) >= 11 is 3.36. The van der Waals surface area contributed by atoms with E-state index in [1.165, 1.54) is 25.5 Å². The molecule has 0 saturated carbocycles. The molecular weight excluding hydrogens is 347 g/mol. The second-order valence-electron chi connectivity index (χ2n) is 5.47. The molecule has 1 unspecified atom stereocenters. The number of hydrogen-bond acceptors (Lipinski definition) is 2.